The van der Waals surface area contributed by atoms with Crippen molar-refractivity contribution in [3.8, 4) is 0 Å². The third kappa shape index (κ3) is 1.90. The van der Waals surface area contributed by atoms with Crippen LogP contribution in [0.3, 0.4) is 0 Å². The molecule has 76 valence electrons. The smallest absolute Gasteiger partial charge is 0.0510 e. The van der Waals surface area contributed by atoms with Crippen molar-refractivity contribution in [2.45, 2.75) is 13.3 Å². The summed E-state index contributed by atoms with van der Waals surface area (Å²) in [6.07, 6.45) is 1.14. The SMILES string of the molecule is COCC1CNc2cc(C)ccc2C1. The van der Waals surface area contributed by atoms with Crippen molar-refractivity contribution < 1.29 is 4.74 Å². The van der Waals surface area contributed by atoms with Crippen LogP contribution in [0, 0.1) is 12.8 Å². The summed E-state index contributed by atoms with van der Waals surface area (Å²) in [6, 6.07) is 6.62. The van der Waals surface area contributed by atoms with Gasteiger partial charge in [-0.25, -0.2) is 0 Å². The summed E-state index contributed by atoms with van der Waals surface area (Å²) in [5, 5.41) is 3.46. The Bertz CT molecular complexity index is 322. The zero-order chi connectivity index (χ0) is 9.97. The molecule has 1 atom stereocenters. The fraction of sp³-hybridized carbons (Fsp3) is 0.500. The van der Waals surface area contributed by atoms with Crippen molar-refractivity contribution in [1.29, 1.82) is 0 Å². The molecule has 1 aromatic rings. The molecule has 2 nitrogen and oxygen atoms in total. The molecule has 14 heavy (non-hydrogen) atoms. The molecule has 0 aromatic heterocycles. The normalized spacial score (nSPS) is 20.0. The lowest BCUT2D eigenvalue weighted by Gasteiger charge is -2.25. The summed E-state index contributed by atoms with van der Waals surface area (Å²) >= 11 is 0. The summed E-state index contributed by atoms with van der Waals surface area (Å²) in [5.74, 6) is 0.621. The summed E-state index contributed by atoms with van der Waals surface area (Å²) in [6.45, 7) is 4.01. The van der Waals surface area contributed by atoms with E-state index in [1.807, 2.05) is 0 Å². The van der Waals surface area contributed by atoms with Crippen LogP contribution >= 0.6 is 0 Å². The maximum Gasteiger partial charge on any atom is 0.0510 e. The third-order valence-electron chi connectivity index (χ3n) is 2.76. The van der Waals surface area contributed by atoms with Crippen molar-refractivity contribution in [2.24, 2.45) is 5.92 Å². The molecule has 0 spiro atoms. The van der Waals surface area contributed by atoms with E-state index in [1.54, 1.807) is 7.11 Å². The molecule has 1 aromatic carbocycles. The molecule has 0 saturated carbocycles. The Balaban J connectivity index is 2.15. The Morgan fingerprint density at radius 1 is 1.50 bits per heavy atom. The van der Waals surface area contributed by atoms with Gasteiger partial charge in [0.15, 0.2) is 0 Å². The number of hydrogen-bond acceptors (Lipinski definition) is 2. The van der Waals surface area contributed by atoms with Crippen LogP contribution in [0.25, 0.3) is 0 Å². The Hall–Kier alpha value is -1.02. The van der Waals surface area contributed by atoms with Gasteiger partial charge in [-0.2, -0.15) is 0 Å². The molecule has 2 heteroatoms. The minimum absolute atomic E-state index is 0.621. The zero-order valence-electron chi connectivity index (χ0n) is 8.84. The standard InChI is InChI=1S/C12H17NO/c1-9-3-4-11-6-10(8-14-2)7-13-12(11)5-9/h3-5,10,13H,6-8H2,1-2H3. The Labute approximate surface area is 85.3 Å². The predicted molar refractivity (Wildman–Crippen MR) is 58.7 cm³/mol. The van der Waals surface area contributed by atoms with Gasteiger partial charge in [-0.3, -0.25) is 0 Å². The Kier molecular flexibility index (Phi) is 2.73. The predicted octanol–water partition coefficient (Wildman–Crippen LogP) is 2.23. The first-order valence-electron chi connectivity index (χ1n) is 5.12. The number of anilines is 1. The van der Waals surface area contributed by atoms with Crippen LogP contribution in [-0.4, -0.2) is 20.3 Å². The number of methoxy groups -OCH3 is 1. The first-order chi connectivity index (χ1) is 6.79. The lowest BCUT2D eigenvalue weighted by Crippen LogP contribution is -2.26. The maximum absolute atomic E-state index is 5.18. The second-order valence-corrected chi connectivity index (χ2v) is 4.07. The van der Waals surface area contributed by atoms with Gasteiger partial charge < -0.3 is 10.1 Å². The Morgan fingerprint density at radius 2 is 2.36 bits per heavy atom. The van der Waals surface area contributed by atoms with Gasteiger partial charge in [0.25, 0.3) is 0 Å². The van der Waals surface area contributed by atoms with Gasteiger partial charge in [-0.15, -0.1) is 0 Å². The van der Waals surface area contributed by atoms with Crippen LogP contribution in [-0.2, 0) is 11.2 Å². The fourth-order valence-corrected chi connectivity index (χ4v) is 2.02. The van der Waals surface area contributed by atoms with Crippen molar-refractivity contribution in [3.05, 3.63) is 29.3 Å². The van der Waals surface area contributed by atoms with Gasteiger partial charge in [0, 0.05) is 25.3 Å². The molecule has 1 heterocycles. The summed E-state index contributed by atoms with van der Waals surface area (Å²) < 4.78 is 5.18. The van der Waals surface area contributed by atoms with Gasteiger partial charge in [-0.1, -0.05) is 12.1 Å². The average molecular weight is 191 g/mol. The highest BCUT2D eigenvalue weighted by atomic mass is 16.5. The number of ether oxygens (including phenoxy) is 1. The van der Waals surface area contributed by atoms with Gasteiger partial charge >= 0.3 is 0 Å². The molecule has 1 unspecified atom stereocenters. The first kappa shape index (κ1) is 9.53. The van der Waals surface area contributed by atoms with Gasteiger partial charge in [0.05, 0.1) is 6.61 Å². The van der Waals surface area contributed by atoms with E-state index in [4.69, 9.17) is 4.74 Å². The first-order valence-corrected chi connectivity index (χ1v) is 5.12. The van der Waals surface area contributed by atoms with E-state index in [9.17, 15) is 0 Å². The molecule has 1 N–H and O–H groups in total. The van der Waals surface area contributed by atoms with Crippen LogP contribution in [0.1, 0.15) is 11.1 Å². The van der Waals surface area contributed by atoms with E-state index in [-0.39, 0.29) is 0 Å². The van der Waals surface area contributed by atoms with Crippen molar-refractivity contribution in [2.75, 3.05) is 25.6 Å². The molecule has 0 radical (unpaired) electrons. The van der Waals surface area contributed by atoms with Crippen LogP contribution in [0.2, 0.25) is 0 Å². The highest BCUT2D eigenvalue weighted by Gasteiger charge is 2.17. The summed E-state index contributed by atoms with van der Waals surface area (Å²) in [4.78, 5) is 0. The number of aryl methyl sites for hydroxylation is 1. The molecular weight excluding hydrogens is 174 g/mol. The van der Waals surface area contributed by atoms with Gasteiger partial charge in [-0.05, 0) is 30.5 Å². The molecular formula is C12H17NO. The van der Waals surface area contributed by atoms with Crippen LogP contribution in [0.15, 0.2) is 18.2 Å². The average Bonchev–Trinajstić information content (AvgIpc) is 2.19. The highest BCUT2D eigenvalue weighted by molar-refractivity contribution is 5.55. The minimum atomic E-state index is 0.621. The number of hydrogen-bond donors (Lipinski definition) is 1. The molecule has 0 bridgehead atoms. The third-order valence-corrected chi connectivity index (χ3v) is 2.76. The molecule has 0 saturated heterocycles. The van der Waals surface area contributed by atoms with E-state index >= 15 is 0 Å². The van der Waals surface area contributed by atoms with Crippen molar-refractivity contribution in [3.63, 3.8) is 0 Å². The Morgan fingerprint density at radius 3 is 3.14 bits per heavy atom. The highest BCUT2D eigenvalue weighted by Crippen LogP contribution is 2.25. The van der Waals surface area contributed by atoms with Gasteiger partial charge in [0.1, 0.15) is 0 Å². The number of fused-ring (bicyclic) bond motifs is 1. The second-order valence-electron chi connectivity index (χ2n) is 4.07. The summed E-state index contributed by atoms with van der Waals surface area (Å²) in [5.41, 5.74) is 4.04. The topological polar surface area (TPSA) is 21.3 Å². The zero-order valence-corrected chi connectivity index (χ0v) is 8.84. The fourth-order valence-electron chi connectivity index (χ4n) is 2.02. The van der Waals surface area contributed by atoms with Crippen LogP contribution in [0.5, 0.6) is 0 Å². The maximum atomic E-state index is 5.18. The molecule has 0 fully saturated rings. The molecule has 0 amide bonds. The van der Waals surface area contributed by atoms with Crippen LogP contribution < -0.4 is 5.32 Å². The van der Waals surface area contributed by atoms with E-state index in [1.165, 1.54) is 16.8 Å². The van der Waals surface area contributed by atoms with Crippen molar-refractivity contribution in [1.82, 2.24) is 0 Å². The summed E-state index contributed by atoms with van der Waals surface area (Å²) in [7, 11) is 1.77. The van der Waals surface area contributed by atoms with E-state index < -0.39 is 0 Å². The monoisotopic (exact) mass is 191 g/mol. The second kappa shape index (κ2) is 4.01. The van der Waals surface area contributed by atoms with E-state index in [2.05, 4.69) is 30.4 Å². The van der Waals surface area contributed by atoms with Crippen molar-refractivity contribution >= 4 is 5.69 Å². The number of benzene rings is 1. The van der Waals surface area contributed by atoms with E-state index in [0.717, 1.165) is 19.6 Å². The van der Waals surface area contributed by atoms with Crippen LogP contribution in [0.4, 0.5) is 5.69 Å². The molecule has 1 aliphatic rings. The quantitative estimate of drug-likeness (QED) is 0.774. The number of rotatable bonds is 2. The molecule has 2 rings (SSSR count). The van der Waals surface area contributed by atoms with Gasteiger partial charge in [0.2, 0.25) is 0 Å². The number of nitrogens with one attached hydrogen (secondary N) is 1. The lowest BCUT2D eigenvalue weighted by atomic mass is 9.94. The molecule has 1 aliphatic heterocycles. The molecule has 0 aliphatic carbocycles. The lowest BCUT2D eigenvalue weighted by molar-refractivity contribution is 0.156. The largest absolute Gasteiger partial charge is 0.384 e. The minimum Gasteiger partial charge on any atom is -0.384 e. The van der Waals surface area contributed by atoms with E-state index in [0.29, 0.717) is 5.92 Å².